The predicted molar refractivity (Wildman–Crippen MR) is 103 cm³/mol. The lowest BCUT2D eigenvalue weighted by Crippen LogP contribution is -2.23. The Labute approximate surface area is 157 Å². The van der Waals surface area contributed by atoms with Crippen molar-refractivity contribution in [1.82, 2.24) is 4.72 Å². The molecule has 3 aromatic rings. The van der Waals surface area contributed by atoms with Crippen molar-refractivity contribution < 1.29 is 17.9 Å². The highest BCUT2D eigenvalue weighted by Gasteiger charge is 2.17. The molecule has 0 unspecified atom stereocenters. The normalized spacial score (nSPS) is 11.3. The van der Waals surface area contributed by atoms with Crippen molar-refractivity contribution >= 4 is 21.4 Å². The molecular formula is C19H19NO4S2. The third kappa shape index (κ3) is 3.90. The second-order valence-corrected chi connectivity index (χ2v) is 8.06. The molecule has 0 radical (unpaired) electrons. The van der Waals surface area contributed by atoms with Crippen LogP contribution in [0.2, 0.25) is 0 Å². The summed E-state index contributed by atoms with van der Waals surface area (Å²) in [7, 11) is -0.708. The van der Waals surface area contributed by atoms with E-state index >= 15 is 0 Å². The molecule has 0 saturated heterocycles. The molecule has 0 aliphatic heterocycles. The van der Waals surface area contributed by atoms with Crippen LogP contribution in [0.1, 0.15) is 5.56 Å². The number of hydrogen-bond acceptors (Lipinski definition) is 5. The van der Waals surface area contributed by atoms with Crippen LogP contribution in [-0.4, -0.2) is 22.6 Å². The Morgan fingerprint density at radius 3 is 2.46 bits per heavy atom. The van der Waals surface area contributed by atoms with Crippen molar-refractivity contribution in [2.24, 2.45) is 0 Å². The topological polar surface area (TPSA) is 64.6 Å². The number of hydrogen-bond donors (Lipinski definition) is 1. The summed E-state index contributed by atoms with van der Waals surface area (Å²) in [5, 5.41) is 4.04. The maximum absolute atomic E-state index is 12.7. The maximum atomic E-state index is 12.7. The first-order chi connectivity index (χ1) is 12.5. The molecule has 1 N–H and O–H groups in total. The minimum Gasteiger partial charge on any atom is -0.493 e. The number of ether oxygens (including phenoxy) is 2. The highest BCUT2D eigenvalue weighted by Crippen LogP contribution is 2.30. The minimum atomic E-state index is -3.68. The number of nitrogens with one attached hydrogen (secondary N) is 1. The number of rotatable bonds is 7. The van der Waals surface area contributed by atoms with Crippen LogP contribution < -0.4 is 14.2 Å². The lowest BCUT2D eigenvalue weighted by Gasteiger charge is -2.12. The van der Waals surface area contributed by atoms with E-state index in [2.05, 4.69) is 4.72 Å². The molecule has 26 heavy (non-hydrogen) atoms. The van der Waals surface area contributed by atoms with Gasteiger partial charge in [-0.2, -0.15) is 11.3 Å². The lowest BCUT2D eigenvalue weighted by molar-refractivity contribution is 0.354. The molecular weight excluding hydrogens is 370 g/mol. The third-order valence-corrected chi connectivity index (χ3v) is 6.05. The van der Waals surface area contributed by atoms with Crippen LogP contribution in [0.15, 0.2) is 64.2 Å². The van der Waals surface area contributed by atoms with Crippen LogP contribution in [0.25, 0.3) is 11.1 Å². The molecule has 0 saturated carbocycles. The summed E-state index contributed by atoms with van der Waals surface area (Å²) in [6, 6.07) is 14.3. The fourth-order valence-electron chi connectivity index (χ4n) is 2.61. The molecule has 136 valence electrons. The maximum Gasteiger partial charge on any atom is 0.241 e. The molecule has 0 bridgehead atoms. The SMILES string of the molecule is COc1ccc(S(=O)(=O)NCc2ccccc2-c2ccsc2)cc1OC. The summed E-state index contributed by atoms with van der Waals surface area (Å²) in [5.74, 6) is 0.850. The quantitative estimate of drug-likeness (QED) is 0.665. The Morgan fingerprint density at radius 2 is 1.77 bits per heavy atom. The van der Waals surface area contributed by atoms with Crippen molar-refractivity contribution in [2.45, 2.75) is 11.4 Å². The molecule has 0 fully saturated rings. The van der Waals surface area contributed by atoms with Gasteiger partial charge in [-0.25, -0.2) is 13.1 Å². The fraction of sp³-hybridized carbons (Fsp3) is 0.158. The van der Waals surface area contributed by atoms with E-state index in [4.69, 9.17) is 9.47 Å². The van der Waals surface area contributed by atoms with Gasteiger partial charge in [0.05, 0.1) is 19.1 Å². The fourth-order valence-corrected chi connectivity index (χ4v) is 4.29. The van der Waals surface area contributed by atoms with Crippen LogP contribution in [0, 0.1) is 0 Å². The molecule has 0 aliphatic carbocycles. The number of sulfonamides is 1. The van der Waals surface area contributed by atoms with E-state index in [1.807, 2.05) is 41.1 Å². The Bertz CT molecular complexity index is 983. The van der Waals surface area contributed by atoms with E-state index in [0.717, 1.165) is 16.7 Å². The highest BCUT2D eigenvalue weighted by molar-refractivity contribution is 7.89. The summed E-state index contributed by atoms with van der Waals surface area (Å²) in [4.78, 5) is 0.128. The molecule has 2 aromatic carbocycles. The van der Waals surface area contributed by atoms with E-state index in [0.29, 0.717) is 11.5 Å². The molecule has 5 nitrogen and oxygen atoms in total. The van der Waals surface area contributed by atoms with Gasteiger partial charge < -0.3 is 9.47 Å². The summed E-state index contributed by atoms with van der Waals surface area (Å²) in [6.45, 7) is 0.197. The van der Waals surface area contributed by atoms with E-state index in [1.165, 1.54) is 26.4 Å². The van der Waals surface area contributed by atoms with Gasteiger partial charge in [-0.05, 0) is 45.6 Å². The van der Waals surface area contributed by atoms with Gasteiger partial charge in [0.1, 0.15) is 0 Å². The molecule has 3 rings (SSSR count). The molecule has 0 aliphatic rings. The predicted octanol–water partition coefficient (Wildman–Crippen LogP) is 3.91. The first kappa shape index (κ1) is 18.4. The van der Waals surface area contributed by atoms with Gasteiger partial charge in [-0.1, -0.05) is 24.3 Å². The minimum absolute atomic E-state index is 0.128. The molecule has 0 atom stereocenters. The molecule has 0 amide bonds. The number of thiophene rings is 1. The molecule has 1 heterocycles. The largest absolute Gasteiger partial charge is 0.493 e. The average molecular weight is 389 g/mol. The summed E-state index contributed by atoms with van der Waals surface area (Å²) < 4.78 is 38.3. The first-order valence-corrected chi connectivity index (χ1v) is 10.3. The summed E-state index contributed by atoms with van der Waals surface area (Å²) in [5.41, 5.74) is 3.01. The zero-order valence-corrected chi connectivity index (χ0v) is 16.1. The average Bonchev–Trinajstić information content (AvgIpc) is 3.20. The van der Waals surface area contributed by atoms with Gasteiger partial charge in [0.25, 0.3) is 0 Å². The van der Waals surface area contributed by atoms with Crippen molar-refractivity contribution in [3.63, 3.8) is 0 Å². The van der Waals surface area contributed by atoms with Gasteiger partial charge in [0, 0.05) is 12.6 Å². The van der Waals surface area contributed by atoms with E-state index in [-0.39, 0.29) is 11.4 Å². The molecule has 0 spiro atoms. The Kier molecular flexibility index (Phi) is 5.61. The number of methoxy groups -OCH3 is 2. The van der Waals surface area contributed by atoms with Gasteiger partial charge in [-0.15, -0.1) is 0 Å². The van der Waals surface area contributed by atoms with E-state index in [9.17, 15) is 8.42 Å². The van der Waals surface area contributed by atoms with Crippen LogP contribution in [0.5, 0.6) is 11.5 Å². The van der Waals surface area contributed by atoms with Gasteiger partial charge >= 0.3 is 0 Å². The van der Waals surface area contributed by atoms with Crippen molar-refractivity contribution in [2.75, 3.05) is 14.2 Å². The van der Waals surface area contributed by atoms with Gasteiger partial charge in [0.2, 0.25) is 10.0 Å². The standard InChI is InChI=1S/C19H19NO4S2/c1-23-18-8-7-16(11-19(18)24-2)26(21,22)20-12-14-5-3-4-6-17(14)15-9-10-25-13-15/h3-11,13,20H,12H2,1-2H3. The second-order valence-electron chi connectivity index (χ2n) is 5.51. The summed E-state index contributed by atoms with van der Waals surface area (Å²) in [6.07, 6.45) is 0. The van der Waals surface area contributed by atoms with Crippen molar-refractivity contribution in [3.05, 3.63) is 64.9 Å². The third-order valence-electron chi connectivity index (χ3n) is 3.97. The van der Waals surface area contributed by atoms with Crippen LogP contribution in [0.4, 0.5) is 0 Å². The van der Waals surface area contributed by atoms with Crippen LogP contribution in [-0.2, 0) is 16.6 Å². The monoisotopic (exact) mass is 389 g/mol. The molecule has 1 aromatic heterocycles. The second kappa shape index (κ2) is 7.90. The first-order valence-electron chi connectivity index (χ1n) is 7.87. The van der Waals surface area contributed by atoms with Gasteiger partial charge in [0.15, 0.2) is 11.5 Å². The zero-order valence-electron chi connectivity index (χ0n) is 14.4. The number of benzene rings is 2. The lowest BCUT2D eigenvalue weighted by atomic mass is 10.0. The zero-order chi connectivity index (χ0) is 18.6. The van der Waals surface area contributed by atoms with Crippen LogP contribution >= 0.6 is 11.3 Å². The summed E-state index contributed by atoms with van der Waals surface area (Å²) >= 11 is 1.61. The highest BCUT2D eigenvalue weighted by atomic mass is 32.2. The van der Waals surface area contributed by atoms with Gasteiger partial charge in [-0.3, -0.25) is 0 Å². The smallest absolute Gasteiger partial charge is 0.241 e. The van der Waals surface area contributed by atoms with E-state index in [1.54, 1.807) is 17.4 Å². The van der Waals surface area contributed by atoms with E-state index < -0.39 is 10.0 Å². The van der Waals surface area contributed by atoms with Crippen molar-refractivity contribution in [3.8, 4) is 22.6 Å². The molecule has 7 heteroatoms. The Balaban J connectivity index is 1.84. The van der Waals surface area contributed by atoms with Crippen molar-refractivity contribution in [1.29, 1.82) is 0 Å². The Hall–Kier alpha value is -2.35. The van der Waals surface area contributed by atoms with Crippen LogP contribution in [0.3, 0.4) is 0 Å². The Morgan fingerprint density at radius 1 is 1.00 bits per heavy atom.